The molecule has 0 saturated heterocycles. The van der Waals surface area contributed by atoms with Crippen LogP contribution in [0.2, 0.25) is 0 Å². The molecule has 0 heterocycles. The number of hydrogen-bond donors (Lipinski definition) is 1. The zero-order valence-corrected chi connectivity index (χ0v) is 15.3. The van der Waals surface area contributed by atoms with E-state index in [4.69, 9.17) is 4.74 Å². The van der Waals surface area contributed by atoms with Gasteiger partial charge >= 0.3 is 5.97 Å². The number of benzene rings is 3. The molecule has 3 aromatic carbocycles. The standard InChI is InChI=1S/C20H19NO4S/c1-3-25-20(22)18-9-6-10-19(14(18)2)21-26(23,24)17-12-11-15-7-4-5-8-16(15)13-17/h4-13,21H,3H2,1-2H3. The van der Waals surface area contributed by atoms with Crippen LogP contribution in [0.4, 0.5) is 5.69 Å². The van der Waals surface area contributed by atoms with Crippen LogP contribution in [-0.2, 0) is 14.8 Å². The number of anilines is 1. The summed E-state index contributed by atoms with van der Waals surface area (Å²) >= 11 is 0. The van der Waals surface area contributed by atoms with Crippen LogP contribution in [0.1, 0.15) is 22.8 Å². The van der Waals surface area contributed by atoms with Crippen LogP contribution in [0, 0.1) is 6.92 Å². The summed E-state index contributed by atoms with van der Waals surface area (Å²) in [6.07, 6.45) is 0. The molecular formula is C20H19NO4S. The Balaban J connectivity index is 1.96. The van der Waals surface area contributed by atoms with Gasteiger partial charge in [0, 0.05) is 0 Å². The van der Waals surface area contributed by atoms with Crippen LogP contribution in [0.25, 0.3) is 10.8 Å². The monoisotopic (exact) mass is 369 g/mol. The number of sulfonamides is 1. The van der Waals surface area contributed by atoms with Crippen molar-refractivity contribution in [3.8, 4) is 0 Å². The minimum Gasteiger partial charge on any atom is -0.462 e. The molecule has 0 aliphatic heterocycles. The molecule has 134 valence electrons. The van der Waals surface area contributed by atoms with E-state index in [-0.39, 0.29) is 11.5 Å². The van der Waals surface area contributed by atoms with E-state index in [0.29, 0.717) is 16.8 Å². The van der Waals surface area contributed by atoms with E-state index < -0.39 is 16.0 Å². The molecule has 0 aliphatic carbocycles. The number of carbonyl (C=O) groups is 1. The molecule has 6 heteroatoms. The smallest absolute Gasteiger partial charge is 0.338 e. The molecule has 0 spiro atoms. The van der Waals surface area contributed by atoms with Gasteiger partial charge in [0.15, 0.2) is 0 Å². The normalized spacial score (nSPS) is 11.3. The number of nitrogens with one attached hydrogen (secondary N) is 1. The molecule has 5 nitrogen and oxygen atoms in total. The van der Waals surface area contributed by atoms with E-state index in [1.54, 1.807) is 50.2 Å². The van der Waals surface area contributed by atoms with Crippen LogP contribution in [0.3, 0.4) is 0 Å². The molecule has 0 unspecified atom stereocenters. The molecule has 0 amide bonds. The Hall–Kier alpha value is -2.86. The van der Waals surface area contributed by atoms with Gasteiger partial charge in [0.1, 0.15) is 0 Å². The number of fused-ring (bicyclic) bond motifs is 1. The number of esters is 1. The third-order valence-corrected chi connectivity index (χ3v) is 5.47. The molecule has 0 aromatic heterocycles. The first kappa shape index (κ1) is 17.9. The molecule has 0 fully saturated rings. The highest BCUT2D eigenvalue weighted by molar-refractivity contribution is 7.92. The number of hydrogen-bond acceptors (Lipinski definition) is 4. The molecule has 0 radical (unpaired) electrons. The zero-order chi connectivity index (χ0) is 18.7. The molecular weight excluding hydrogens is 350 g/mol. The second kappa shape index (κ2) is 7.17. The van der Waals surface area contributed by atoms with Crippen LogP contribution >= 0.6 is 0 Å². The highest BCUT2D eigenvalue weighted by Gasteiger charge is 2.18. The minimum atomic E-state index is -3.78. The minimum absolute atomic E-state index is 0.164. The van der Waals surface area contributed by atoms with Crippen molar-refractivity contribution in [3.05, 3.63) is 71.8 Å². The van der Waals surface area contributed by atoms with E-state index in [9.17, 15) is 13.2 Å². The van der Waals surface area contributed by atoms with Gasteiger partial charge in [-0.2, -0.15) is 0 Å². The molecule has 3 aromatic rings. The van der Waals surface area contributed by atoms with Gasteiger partial charge < -0.3 is 4.74 Å². The van der Waals surface area contributed by atoms with Crippen LogP contribution in [0.15, 0.2) is 65.6 Å². The molecule has 0 aliphatic rings. The lowest BCUT2D eigenvalue weighted by Crippen LogP contribution is -2.15. The van der Waals surface area contributed by atoms with Gasteiger partial charge in [0.25, 0.3) is 10.0 Å². The van der Waals surface area contributed by atoms with Crippen LogP contribution < -0.4 is 4.72 Å². The van der Waals surface area contributed by atoms with Gasteiger partial charge in [-0.3, -0.25) is 4.72 Å². The predicted octanol–water partition coefficient (Wildman–Crippen LogP) is 4.13. The summed E-state index contributed by atoms with van der Waals surface area (Å²) in [5.74, 6) is -0.475. The molecule has 0 bridgehead atoms. The second-order valence-electron chi connectivity index (χ2n) is 5.81. The first-order chi connectivity index (χ1) is 12.4. The van der Waals surface area contributed by atoms with Gasteiger partial charge in [-0.15, -0.1) is 0 Å². The predicted molar refractivity (Wildman–Crippen MR) is 102 cm³/mol. The maximum atomic E-state index is 12.8. The van der Waals surface area contributed by atoms with E-state index in [0.717, 1.165) is 10.8 Å². The van der Waals surface area contributed by atoms with E-state index in [1.807, 2.05) is 24.3 Å². The van der Waals surface area contributed by atoms with E-state index in [1.165, 1.54) is 0 Å². The van der Waals surface area contributed by atoms with Crippen molar-refractivity contribution in [2.45, 2.75) is 18.7 Å². The van der Waals surface area contributed by atoms with Crippen molar-refractivity contribution in [1.82, 2.24) is 0 Å². The molecule has 26 heavy (non-hydrogen) atoms. The molecule has 0 saturated carbocycles. The largest absolute Gasteiger partial charge is 0.462 e. The third-order valence-electron chi connectivity index (χ3n) is 4.10. The Morgan fingerprint density at radius 3 is 2.46 bits per heavy atom. The quantitative estimate of drug-likeness (QED) is 0.687. The van der Waals surface area contributed by atoms with E-state index in [2.05, 4.69) is 4.72 Å². The van der Waals surface area contributed by atoms with Crippen molar-refractivity contribution < 1.29 is 17.9 Å². The lowest BCUT2D eigenvalue weighted by molar-refractivity contribution is 0.0525. The van der Waals surface area contributed by atoms with Gasteiger partial charge in [0.05, 0.1) is 22.8 Å². The van der Waals surface area contributed by atoms with Crippen molar-refractivity contribution in [3.63, 3.8) is 0 Å². The Kier molecular flexibility index (Phi) is 4.95. The highest BCUT2D eigenvalue weighted by Crippen LogP contribution is 2.25. The number of carbonyl (C=O) groups excluding carboxylic acids is 1. The lowest BCUT2D eigenvalue weighted by Gasteiger charge is -2.13. The van der Waals surface area contributed by atoms with Crippen molar-refractivity contribution in [2.75, 3.05) is 11.3 Å². The summed E-state index contributed by atoms with van der Waals surface area (Å²) in [6, 6.07) is 17.4. The summed E-state index contributed by atoms with van der Waals surface area (Å²) in [6.45, 7) is 3.66. The van der Waals surface area contributed by atoms with Crippen LogP contribution in [-0.4, -0.2) is 21.0 Å². The molecule has 3 rings (SSSR count). The van der Waals surface area contributed by atoms with E-state index >= 15 is 0 Å². The topological polar surface area (TPSA) is 72.5 Å². The summed E-state index contributed by atoms with van der Waals surface area (Å²) in [4.78, 5) is 12.2. The Morgan fingerprint density at radius 1 is 1.00 bits per heavy atom. The SMILES string of the molecule is CCOC(=O)c1cccc(NS(=O)(=O)c2ccc3ccccc3c2)c1C. The Bertz CT molecular complexity index is 1070. The fraction of sp³-hybridized carbons (Fsp3) is 0.150. The Morgan fingerprint density at radius 2 is 1.73 bits per heavy atom. The summed E-state index contributed by atoms with van der Waals surface area (Å²) in [7, 11) is -3.78. The second-order valence-corrected chi connectivity index (χ2v) is 7.50. The molecule has 1 N–H and O–H groups in total. The number of ether oxygens (including phenoxy) is 1. The zero-order valence-electron chi connectivity index (χ0n) is 14.5. The molecule has 0 atom stereocenters. The highest BCUT2D eigenvalue weighted by atomic mass is 32.2. The maximum Gasteiger partial charge on any atom is 0.338 e. The number of rotatable bonds is 5. The van der Waals surface area contributed by atoms with Gasteiger partial charge in [-0.05, 0) is 54.4 Å². The summed E-state index contributed by atoms with van der Waals surface area (Å²) in [5, 5.41) is 1.80. The van der Waals surface area contributed by atoms with Crippen molar-refractivity contribution in [2.24, 2.45) is 0 Å². The Labute approximate surface area is 152 Å². The van der Waals surface area contributed by atoms with Crippen molar-refractivity contribution >= 4 is 32.5 Å². The summed E-state index contributed by atoms with van der Waals surface area (Å²) < 4.78 is 33.1. The fourth-order valence-electron chi connectivity index (χ4n) is 2.71. The third kappa shape index (κ3) is 3.55. The maximum absolute atomic E-state index is 12.8. The average Bonchev–Trinajstić information content (AvgIpc) is 2.63. The van der Waals surface area contributed by atoms with Crippen molar-refractivity contribution in [1.29, 1.82) is 0 Å². The summed E-state index contributed by atoms with van der Waals surface area (Å²) in [5.41, 5.74) is 1.21. The fourth-order valence-corrected chi connectivity index (χ4v) is 3.87. The van der Waals surface area contributed by atoms with Gasteiger partial charge in [0.2, 0.25) is 0 Å². The lowest BCUT2D eigenvalue weighted by atomic mass is 10.1. The van der Waals surface area contributed by atoms with Crippen LogP contribution in [0.5, 0.6) is 0 Å². The first-order valence-electron chi connectivity index (χ1n) is 8.21. The van der Waals surface area contributed by atoms with Gasteiger partial charge in [-0.1, -0.05) is 36.4 Å². The first-order valence-corrected chi connectivity index (χ1v) is 9.69. The average molecular weight is 369 g/mol. The van der Waals surface area contributed by atoms with Gasteiger partial charge in [-0.25, -0.2) is 13.2 Å².